The van der Waals surface area contributed by atoms with Gasteiger partial charge in [-0.05, 0) is 62.1 Å². The third-order valence-electron chi connectivity index (χ3n) is 5.03. The fourth-order valence-electron chi connectivity index (χ4n) is 3.41. The maximum absolute atomic E-state index is 11.1. The molecule has 2 aliphatic rings. The SMILES string of the molecule is CN(C1CC1)C1Cc2ccc(Oc3ccc(C(N)=O)cn3)cc2C1. The first-order chi connectivity index (χ1) is 11.6. The van der Waals surface area contributed by atoms with E-state index in [1.807, 2.05) is 6.07 Å². The average molecular weight is 323 g/mol. The molecule has 5 heteroatoms. The average Bonchev–Trinajstić information content (AvgIpc) is 3.34. The number of aromatic nitrogens is 1. The lowest BCUT2D eigenvalue weighted by molar-refractivity contribution is 0.1000. The van der Waals surface area contributed by atoms with Crippen molar-refractivity contribution in [2.75, 3.05) is 7.05 Å². The molecule has 124 valence electrons. The molecule has 0 aliphatic heterocycles. The highest BCUT2D eigenvalue weighted by molar-refractivity contribution is 5.92. The summed E-state index contributed by atoms with van der Waals surface area (Å²) in [7, 11) is 2.25. The normalized spacial score (nSPS) is 19.3. The third kappa shape index (κ3) is 2.99. The van der Waals surface area contributed by atoms with E-state index in [-0.39, 0.29) is 0 Å². The van der Waals surface area contributed by atoms with Crippen LogP contribution in [0.2, 0.25) is 0 Å². The molecule has 1 heterocycles. The number of hydrogen-bond donors (Lipinski definition) is 1. The number of ether oxygens (including phenoxy) is 1. The zero-order chi connectivity index (χ0) is 16.7. The van der Waals surface area contributed by atoms with Crippen LogP contribution in [0, 0.1) is 0 Å². The van der Waals surface area contributed by atoms with Crippen LogP contribution in [-0.2, 0) is 12.8 Å². The zero-order valence-electron chi connectivity index (χ0n) is 13.7. The van der Waals surface area contributed by atoms with E-state index in [0.29, 0.717) is 17.5 Å². The van der Waals surface area contributed by atoms with Crippen LogP contribution >= 0.6 is 0 Å². The second-order valence-electron chi connectivity index (χ2n) is 6.74. The lowest BCUT2D eigenvalue weighted by atomic mass is 10.1. The Morgan fingerprint density at radius 2 is 1.96 bits per heavy atom. The van der Waals surface area contributed by atoms with Gasteiger partial charge in [0.2, 0.25) is 11.8 Å². The minimum atomic E-state index is -0.489. The monoisotopic (exact) mass is 323 g/mol. The summed E-state index contributed by atoms with van der Waals surface area (Å²) in [6, 6.07) is 10.9. The van der Waals surface area contributed by atoms with Crippen LogP contribution in [0.4, 0.5) is 0 Å². The summed E-state index contributed by atoms with van der Waals surface area (Å²) in [6.07, 6.45) is 6.31. The molecule has 2 N–H and O–H groups in total. The molecular weight excluding hydrogens is 302 g/mol. The molecule has 1 amide bonds. The van der Waals surface area contributed by atoms with Gasteiger partial charge in [0.25, 0.3) is 0 Å². The Balaban J connectivity index is 1.46. The first kappa shape index (κ1) is 15.1. The number of benzene rings is 1. The zero-order valence-corrected chi connectivity index (χ0v) is 13.7. The number of likely N-dealkylation sites (N-methyl/N-ethyl adjacent to an activating group) is 1. The molecule has 5 nitrogen and oxygen atoms in total. The molecule has 0 bridgehead atoms. The van der Waals surface area contributed by atoms with Gasteiger partial charge >= 0.3 is 0 Å². The van der Waals surface area contributed by atoms with Crippen molar-refractivity contribution < 1.29 is 9.53 Å². The van der Waals surface area contributed by atoms with E-state index in [4.69, 9.17) is 10.5 Å². The maximum atomic E-state index is 11.1. The van der Waals surface area contributed by atoms with Gasteiger partial charge in [-0.1, -0.05) is 6.07 Å². The Labute approximate surface area is 141 Å². The van der Waals surface area contributed by atoms with E-state index in [1.165, 1.54) is 30.2 Å². The summed E-state index contributed by atoms with van der Waals surface area (Å²) < 4.78 is 5.82. The van der Waals surface area contributed by atoms with Crippen LogP contribution in [0.5, 0.6) is 11.6 Å². The number of nitrogens with two attached hydrogens (primary N) is 1. The molecule has 0 spiro atoms. The molecule has 1 fully saturated rings. The van der Waals surface area contributed by atoms with Crippen LogP contribution < -0.4 is 10.5 Å². The molecule has 24 heavy (non-hydrogen) atoms. The fraction of sp³-hybridized carbons (Fsp3) is 0.368. The number of amides is 1. The minimum Gasteiger partial charge on any atom is -0.439 e. The minimum absolute atomic E-state index is 0.377. The van der Waals surface area contributed by atoms with Crippen molar-refractivity contribution in [2.45, 2.75) is 37.8 Å². The van der Waals surface area contributed by atoms with Crippen molar-refractivity contribution in [1.29, 1.82) is 0 Å². The fourth-order valence-corrected chi connectivity index (χ4v) is 3.41. The number of rotatable bonds is 5. The Bertz CT molecular complexity index is 769. The third-order valence-corrected chi connectivity index (χ3v) is 5.03. The molecule has 1 unspecified atom stereocenters. The van der Waals surface area contributed by atoms with Gasteiger partial charge < -0.3 is 10.5 Å². The van der Waals surface area contributed by atoms with Gasteiger partial charge in [-0.15, -0.1) is 0 Å². The van der Waals surface area contributed by atoms with Crippen LogP contribution in [0.15, 0.2) is 36.5 Å². The molecule has 1 atom stereocenters. The summed E-state index contributed by atoms with van der Waals surface area (Å²) >= 11 is 0. The van der Waals surface area contributed by atoms with Crippen LogP contribution in [0.25, 0.3) is 0 Å². The van der Waals surface area contributed by atoms with Gasteiger partial charge in [0.1, 0.15) is 5.75 Å². The number of nitrogens with zero attached hydrogens (tertiary/aromatic N) is 2. The standard InChI is InChI=1S/C19H21N3O2/c1-22(15-4-5-15)16-8-12-2-6-17(10-14(12)9-16)24-18-7-3-13(11-21-18)19(20)23/h2-3,6-7,10-11,15-16H,4-5,8-9H2,1H3,(H2,20,23). The summed E-state index contributed by atoms with van der Waals surface area (Å²) in [5.41, 5.74) is 8.37. The van der Waals surface area contributed by atoms with Gasteiger partial charge in [0, 0.05) is 24.3 Å². The molecule has 4 rings (SSSR count). The van der Waals surface area contributed by atoms with Crippen molar-refractivity contribution in [3.63, 3.8) is 0 Å². The van der Waals surface area contributed by atoms with Gasteiger partial charge in [0.05, 0.1) is 5.56 Å². The Hall–Kier alpha value is -2.40. The smallest absolute Gasteiger partial charge is 0.250 e. The van der Waals surface area contributed by atoms with Crippen molar-refractivity contribution in [3.8, 4) is 11.6 Å². The number of hydrogen-bond acceptors (Lipinski definition) is 4. The van der Waals surface area contributed by atoms with Crippen molar-refractivity contribution in [3.05, 3.63) is 53.2 Å². The van der Waals surface area contributed by atoms with Gasteiger partial charge in [-0.3, -0.25) is 9.69 Å². The molecule has 1 aromatic heterocycles. The first-order valence-electron chi connectivity index (χ1n) is 8.37. The molecule has 2 aliphatic carbocycles. The van der Waals surface area contributed by atoms with Crippen LogP contribution in [0.1, 0.15) is 34.3 Å². The molecule has 0 radical (unpaired) electrons. The van der Waals surface area contributed by atoms with Crippen molar-refractivity contribution in [1.82, 2.24) is 9.88 Å². The van der Waals surface area contributed by atoms with E-state index in [2.05, 4.69) is 29.1 Å². The highest BCUT2D eigenvalue weighted by Gasteiger charge is 2.34. The molecule has 1 saturated carbocycles. The number of carbonyl (C=O) groups is 1. The lowest BCUT2D eigenvalue weighted by Crippen LogP contribution is -2.33. The summed E-state index contributed by atoms with van der Waals surface area (Å²) in [6.45, 7) is 0. The van der Waals surface area contributed by atoms with Crippen molar-refractivity contribution in [2.24, 2.45) is 5.73 Å². The van der Waals surface area contributed by atoms with E-state index in [9.17, 15) is 4.79 Å². The maximum Gasteiger partial charge on any atom is 0.250 e. The van der Waals surface area contributed by atoms with E-state index in [0.717, 1.165) is 24.6 Å². The van der Waals surface area contributed by atoms with E-state index >= 15 is 0 Å². The van der Waals surface area contributed by atoms with E-state index < -0.39 is 5.91 Å². The quantitative estimate of drug-likeness (QED) is 0.918. The summed E-state index contributed by atoms with van der Waals surface area (Å²) in [5.74, 6) is 0.754. The topological polar surface area (TPSA) is 68.5 Å². The molecular formula is C19H21N3O2. The number of carbonyl (C=O) groups excluding carboxylic acids is 1. The number of primary amides is 1. The van der Waals surface area contributed by atoms with Crippen LogP contribution in [-0.4, -0.2) is 34.9 Å². The Morgan fingerprint density at radius 3 is 2.62 bits per heavy atom. The molecule has 2 aromatic rings. The number of pyridine rings is 1. The largest absolute Gasteiger partial charge is 0.439 e. The lowest BCUT2D eigenvalue weighted by Gasteiger charge is -2.23. The van der Waals surface area contributed by atoms with Crippen LogP contribution in [0.3, 0.4) is 0 Å². The number of fused-ring (bicyclic) bond motifs is 1. The van der Waals surface area contributed by atoms with E-state index in [1.54, 1.807) is 12.1 Å². The molecule has 1 aromatic carbocycles. The highest BCUT2D eigenvalue weighted by Crippen LogP contribution is 2.34. The predicted molar refractivity (Wildman–Crippen MR) is 91.3 cm³/mol. The van der Waals surface area contributed by atoms with Gasteiger partial charge in [0.15, 0.2) is 0 Å². The highest BCUT2D eigenvalue weighted by atomic mass is 16.5. The predicted octanol–water partition coefficient (Wildman–Crippen LogP) is 2.53. The molecule has 0 saturated heterocycles. The second-order valence-corrected chi connectivity index (χ2v) is 6.74. The summed E-state index contributed by atoms with van der Waals surface area (Å²) in [4.78, 5) is 17.7. The Morgan fingerprint density at radius 1 is 1.17 bits per heavy atom. The Kier molecular flexibility index (Phi) is 3.73. The van der Waals surface area contributed by atoms with Gasteiger partial charge in [-0.2, -0.15) is 0 Å². The first-order valence-corrected chi connectivity index (χ1v) is 8.37. The second kappa shape index (κ2) is 5.91. The summed E-state index contributed by atoms with van der Waals surface area (Å²) in [5, 5.41) is 0. The van der Waals surface area contributed by atoms with Gasteiger partial charge in [-0.25, -0.2) is 4.98 Å². The van der Waals surface area contributed by atoms with Crippen molar-refractivity contribution >= 4 is 5.91 Å².